The van der Waals surface area contributed by atoms with E-state index >= 15 is 0 Å². The number of hydrogen-bond donors (Lipinski definition) is 0. The van der Waals surface area contributed by atoms with E-state index in [1.54, 1.807) is 0 Å². The third kappa shape index (κ3) is 2.28. The van der Waals surface area contributed by atoms with E-state index in [0.29, 0.717) is 5.88 Å². The average molecular weight is 263 g/mol. The molecule has 0 saturated carbocycles. The van der Waals surface area contributed by atoms with Crippen molar-refractivity contribution in [2.75, 3.05) is 6.61 Å². The Morgan fingerprint density at radius 2 is 2.28 bits per heavy atom. The second-order valence-electron chi connectivity index (χ2n) is 4.50. The summed E-state index contributed by atoms with van der Waals surface area (Å²) in [7, 11) is 0. The number of hydrogen-bond acceptors (Lipinski definition) is 2. The molecular formula is C14H15ClN2O. The van der Waals surface area contributed by atoms with Gasteiger partial charge in [-0.1, -0.05) is 24.3 Å². The Morgan fingerprint density at radius 3 is 3.11 bits per heavy atom. The van der Waals surface area contributed by atoms with Gasteiger partial charge in [-0.2, -0.15) is 0 Å². The van der Waals surface area contributed by atoms with Crippen LogP contribution in [-0.2, 0) is 23.6 Å². The van der Waals surface area contributed by atoms with Crippen LogP contribution in [0, 0.1) is 0 Å². The van der Waals surface area contributed by atoms with Gasteiger partial charge < -0.3 is 9.30 Å². The minimum atomic E-state index is 0.118. The largest absolute Gasteiger partial charge is 0.371 e. The molecule has 0 radical (unpaired) electrons. The Kier molecular flexibility index (Phi) is 3.35. The molecule has 1 atom stereocenters. The van der Waals surface area contributed by atoms with E-state index in [4.69, 9.17) is 16.3 Å². The summed E-state index contributed by atoms with van der Waals surface area (Å²) >= 11 is 5.76. The van der Waals surface area contributed by atoms with Crippen LogP contribution in [0.5, 0.6) is 0 Å². The van der Waals surface area contributed by atoms with Crippen molar-refractivity contribution in [3.8, 4) is 0 Å². The van der Waals surface area contributed by atoms with E-state index in [9.17, 15) is 0 Å². The van der Waals surface area contributed by atoms with E-state index in [1.807, 2.05) is 17.1 Å². The smallest absolute Gasteiger partial charge is 0.101 e. The molecular weight excluding hydrogens is 248 g/mol. The molecule has 1 unspecified atom stereocenters. The Hall–Kier alpha value is -1.32. The highest BCUT2D eigenvalue weighted by Gasteiger charge is 2.20. The van der Waals surface area contributed by atoms with E-state index in [0.717, 1.165) is 25.3 Å². The summed E-state index contributed by atoms with van der Waals surface area (Å²) < 4.78 is 7.92. The van der Waals surface area contributed by atoms with Gasteiger partial charge in [-0.25, -0.2) is 4.98 Å². The lowest BCUT2D eigenvalue weighted by Gasteiger charge is -2.26. The summed E-state index contributed by atoms with van der Waals surface area (Å²) in [6.45, 7) is 1.58. The molecule has 0 saturated heterocycles. The highest BCUT2D eigenvalue weighted by Crippen LogP contribution is 2.28. The predicted octanol–water partition coefficient (Wildman–Crippen LogP) is 2.94. The zero-order valence-corrected chi connectivity index (χ0v) is 10.8. The average Bonchev–Trinajstić information content (AvgIpc) is 2.87. The van der Waals surface area contributed by atoms with Crippen molar-refractivity contribution in [2.45, 2.75) is 24.9 Å². The molecule has 2 aromatic rings. The van der Waals surface area contributed by atoms with Crippen LogP contribution >= 0.6 is 11.6 Å². The first kappa shape index (κ1) is 11.8. The van der Waals surface area contributed by atoms with Crippen molar-refractivity contribution in [3.05, 3.63) is 53.6 Å². The van der Waals surface area contributed by atoms with E-state index < -0.39 is 0 Å². The Bertz CT molecular complexity index is 538. The van der Waals surface area contributed by atoms with E-state index in [1.165, 1.54) is 11.1 Å². The zero-order chi connectivity index (χ0) is 12.4. The molecule has 0 amide bonds. The second kappa shape index (κ2) is 5.12. The predicted molar refractivity (Wildman–Crippen MR) is 70.6 cm³/mol. The highest BCUT2D eigenvalue weighted by molar-refractivity contribution is 6.16. The maximum absolute atomic E-state index is 5.87. The molecule has 1 aliphatic heterocycles. The number of imidazole rings is 1. The number of halogens is 1. The SMILES string of the molecule is ClCc1cn(CC2OCCc3ccccc32)cn1. The van der Waals surface area contributed by atoms with Crippen LogP contribution < -0.4 is 0 Å². The lowest BCUT2D eigenvalue weighted by Crippen LogP contribution is -2.20. The third-order valence-electron chi connectivity index (χ3n) is 3.29. The lowest BCUT2D eigenvalue weighted by molar-refractivity contribution is 0.0306. The molecule has 2 heterocycles. The minimum Gasteiger partial charge on any atom is -0.371 e. The number of fused-ring (bicyclic) bond motifs is 1. The molecule has 1 aromatic heterocycles. The van der Waals surface area contributed by atoms with Crippen molar-refractivity contribution >= 4 is 11.6 Å². The van der Waals surface area contributed by atoms with Gasteiger partial charge in [0.2, 0.25) is 0 Å². The van der Waals surface area contributed by atoms with Crippen LogP contribution in [0.3, 0.4) is 0 Å². The molecule has 0 N–H and O–H groups in total. The molecule has 0 fully saturated rings. The fourth-order valence-electron chi connectivity index (χ4n) is 2.39. The molecule has 0 spiro atoms. The van der Waals surface area contributed by atoms with Crippen LogP contribution in [0.25, 0.3) is 0 Å². The summed E-state index contributed by atoms with van der Waals surface area (Å²) in [5.41, 5.74) is 3.59. The molecule has 1 aliphatic rings. The summed E-state index contributed by atoms with van der Waals surface area (Å²) in [5, 5.41) is 0. The third-order valence-corrected chi connectivity index (χ3v) is 3.57. The van der Waals surface area contributed by atoms with Gasteiger partial charge in [0.05, 0.1) is 31.1 Å². The van der Waals surface area contributed by atoms with Gasteiger partial charge in [0.1, 0.15) is 6.10 Å². The summed E-state index contributed by atoms with van der Waals surface area (Å²) in [4.78, 5) is 4.23. The number of ether oxygens (including phenoxy) is 1. The number of alkyl halides is 1. The second-order valence-corrected chi connectivity index (χ2v) is 4.77. The first-order valence-corrected chi connectivity index (χ1v) is 6.66. The molecule has 3 rings (SSSR count). The molecule has 0 bridgehead atoms. The Labute approximate surface area is 111 Å². The van der Waals surface area contributed by atoms with Crippen LogP contribution in [0.4, 0.5) is 0 Å². The van der Waals surface area contributed by atoms with Gasteiger partial charge in [-0.3, -0.25) is 0 Å². The quantitative estimate of drug-likeness (QED) is 0.796. The van der Waals surface area contributed by atoms with Crippen molar-refractivity contribution in [2.24, 2.45) is 0 Å². The lowest BCUT2D eigenvalue weighted by atomic mass is 9.97. The number of nitrogens with zero attached hydrogens (tertiary/aromatic N) is 2. The van der Waals surface area contributed by atoms with Crippen molar-refractivity contribution in [3.63, 3.8) is 0 Å². The van der Waals surface area contributed by atoms with Crippen LogP contribution in [0.15, 0.2) is 36.8 Å². The van der Waals surface area contributed by atoms with Crippen molar-refractivity contribution in [1.82, 2.24) is 9.55 Å². The Balaban J connectivity index is 1.81. The number of aromatic nitrogens is 2. The maximum atomic E-state index is 5.87. The van der Waals surface area contributed by atoms with Crippen LogP contribution in [0.1, 0.15) is 22.9 Å². The first-order chi connectivity index (χ1) is 8.86. The fourth-order valence-corrected chi connectivity index (χ4v) is 2.53. The van der Waals surface area contributed by atoms with Crippen molar-refractivity contribution in [1.29, 1.82) is 0 Å². The minimum absolute atomic E-state index is 0.118. The standard InChI is InChI=1S/C14H15ClN2O/c15-7-12-8-17(10-16-12)9-14-13-4-2-1-3-11(13)5-6-18-14/h1-4,8,10,14H,5-7,9H2. The molecule has 4 heteroatoms. The van der Waals surface area contributed by atoms with Gasteiger partial charge in [0.25, 0.3) is 0 Å². The maximum Gasteiger partial charge on any atom is 0.101 e. The first-order valence-electron chi connectivity index (χ1n) is 6.13. The normalized spacial score (nSPS) is 18.6. The molecule has 94 valence electrons. The Morgan fingerprint density at radius 1 is 1.39 bits per heavy atom. The fraction of sp³-hybridized carbons (Fsp3) is 0.357. The van der Waals surface area contributed by atoms with E-state index in [2.05, 4.69) is 29.2 Å². The van der Waals surface area contributed by atoms with Crippen molar-refractivity contribution < 1.29 is 4.74 Å². The van der Waals surface area contributed by atoms with E-state index in [-0.39, 0.29) is 6.10 Å². The summed E-state index contributed by atoms with van der Waals surface area (Å²) in [6.07, 6.45) is 4.92. The van der Waals surface area contributed by atoms with Crippen LogP contribution in [0.2, 0.25) is 0 Å². The van der Waals surface area contributed by atoms with Crippen LogP contribution in [-0.4, -0.2) is 16.2 Å². The topological polar surface area (TPSA) is 27.1 Å². The zero-order valence-electron chi connectivity index (χ0n) is 10.1. The number of benzene rings is 1. The van der Waals surface area contributed by atoms with Gasteiger partial charge >= 0.3 is 0 Å². The molecule has 18 heavy (non-hydrogen) atoms. The molecule has 1 aromatic carbocycles. The summed E-state index contributed by atoms with van der Waals surface area (Å²) in [5.74, 6) is 0.453. The number of rotatable bonds is 3. The van der Waals surface area contributed by atoms with Gasteiger partial charge in [0.15, 0.2) is 0 Å². The van der Waals surface area contributed by atoms with Gasteiger partial charge in [0, 0.05) is 6.20 Å². The molecule has 0 aliphatic carbocycles. The van der Waals surface area contributed by atoms with Gasteiger partial charge in [-0.15, -0.1) is 11.6 Å². The summed E-state index contributed by atoms with van der Waals surface area (Å²) in [6, 6.07) is 8.49. The monoisotopic (exact) mass is 262 g/mol. The highest BCUT2D eigenvalue weighted by atomic mass is 35.5. The van der Waals surface area contributed by atoms with Gasteiger partial charge in [-0.05, 0) is 17.5 Å². The molecule has 3 nitrogen and oxygen atoms in total.